The number of nitrogens with two attached hydrogens (primary N) is 1. The number of anilines is 2. The van der Waals surface area contributed by atoms with Crippen LogP contribution in [0.1, 0.15) is 23.7 Å². The highest BCUT2D eigenvalue weighted by Gasteiger charge is 2.16. The van der Waals surface area contributed by atoms with Gasteiger partial charge in [0.1, 0.15) is 5.82 Å². The SMILES string of the molecule is C=C(Cc1c(C)nc(N)nc1NCc1ccccc1)C(=O)OCC. The van der Waals surface area contributed by atoms with E-state index in [0.29, 0.717) is 36.7 Å². The molecule has 0 saturated heterocycles. The van der Waals surface area contributed by atoms with Crippen molar-refractivity contribution in [2.24, 2.45) is 0 Å². The second-order valence-corrected chi connectivity index (χ2v) is 5.33. The third kappa shape index (κ3) is 4.55. The van der Waals surface area contributed by atoms with Crippen molar-refractivity contribution in [3.63, 3.8) is 0 Å². The van der Waals surface area contributed by atoms with Crippen LogP contribution in [0.4, 0.5) is 11.8 Å². The van der Waals surface area contributed by atoms with Crippen LogP contribution in [0.3, 0.4) is 0 Å². The number of esters is 1. The molecule has 0 radical (unpaired) electrons. The quantitative estimate of drug-likeness (QED) is 0.600. The van der Waals surface area contributed by atoms with Crippen molar-refractivity contribution in [2.45, 2.75) is 26.8 Å². The van der Waals surface area contributed by atoms with Crippen molar-refractivity contribution in [1.82, 2.24) is 9.97 Å². The molecule has 0 aliphatic carbocycles. The lowest BCUT2D eigenvalue weighted by atomic mass is 10.1. The molecule has 2 aromatic rings. The van der Waals surface area contributed by atoms with Gasteiger partial charge in [0.25, 0.3) is 0 Å². The number of carbonyl (C=O) groups is 1. The Kier molecular flexibility index (Phi) is 5.89. The van der Waals surface area contributed by atoms with Crippen LogP contribution in [0, 0.1) is 6.92 Å². The van der Waals surface area contributed by atoms with E-state index >= 15 is 0 Å². The Morgan fingerprint density at radius 1 is 1.29 bits per heavy atom. The third-order valence-electron chi connectivity index (χ3n) is 3.49. The van der Waals surface area contributed by atoms with Gasteiger partial charge in [0, 0.05) is 29.8 Å². The maximum Gasteiger partial charge on any atom is 0.333 e. The lowest BCUT2D eigenvalue weighted by Gasteiger charge is -2.14. The fourth-order valence-electron chi connectivity index (χ4n) is 2.28. The van der Waals surface area contributed by atoms with Crippen LogP contribution in [0.15, 0.2) is 42.5 Å². The number of aryl methyl sites for hydroxylation is 1. The van der Waals surface area contributed by atoms with E-state index in [0.717, 1.165) is 11.1 Å². The van der Waals surface area contributed by atoms with Crippen LogP contribution >= 0.6 is 0 Å². The van der Waals surface area contributed by atoms with Gasteiger partial charge in [-0.15, -0.1) is 0 Å². The van der Waals surface area contributed by atoms with Crippen molar-refractivity contribution in [3.05, 3.63) is 59.3 Å². The highest BCUT2D eigenvalue weighted by molar-refractivity contribution is 5.88. The van der Waals surface area contributed by atoms with E-state index in [9.17, 15) is 4.79 Å². The Hall–Kier alpha value is -2.89. The van der Waals surface area contributed by atoms with E-state index in [2.05, 4.69) is 21.9 Å². The van der Waals surface area contributed by atoms with Gasteiger partial charge >= 0.3 is 5.97 Å². The molecule has 2 rings (SSSR count). The molecule has 0 unspecified atom stereocenters. The first-order chi connectivity index (χ1) is 11.5. The molecule has 1 heterocycles. The molecule has 1 aromatic carbocycles. The van der Waals surface area contributed by atoms with Crippen LogP contribution in [0.5, 0.6) is 0 Å². The van der Waals surface area contributed by atoms with Crippen molar-refractivity contribution >= 4 is 17.7 Å². The van der Waals surface area contributed by atoms with E-state index in [-0.39, 0.29) is 5.95 Å². The summed E-state index contributed by atoms with van der Waals surface area (Å²) in [5.74, 6) is 0.380. The highest BCUT2D eigenvalue weighted by atomic mass is 16.5. The fourth-order valence-corrected chi connectivity index (χ4v) is 2.28. The van der Waals surface area contributed by atoms with Crippen molar-refractivity contribution < 1.29 is 9.53 Å². The molecule has 0 atom stereocenters. The maximum absolute atomic E-state index is 11.8. The van der Waals surface area contributed by atoms with E-state index < -0.39 is 5.97 Å². The van der Waals surface area contributed by atoms with E-state index in [1.165, 1.54) is 0 Å². The summed E-state index contributed by atoms with van der Waals surface area (Å²) >= 11 is 0. The zero-order chi connectivity index (χ0) is 17.5. The summed E-state index contributed by atoms with van der Waals surface area (Å²) in [6.45, 7) is 8.30. The van der Waals surface area contributed by atoms with Crippen LogP contribution in [-0.2, 0) is 22.5 Å². The van der Waals surface area contributed by atoms with E-state index in [4.69, 9.17) is 10.5 Å². The van der Waals surface area contributed by atoms with Gasteiger partial charge in [-0.05, 0) is 19.4 Å². The molecule has 0 aliphatic heterocycles. The largest absolute Gasteiger partial charge is 0.463 e. The Labute approximate surface area is 141 Å². The van der Waals surface area contributed by atoms with E-state index in [1.54, 1.807) is 6.92 Å². The molecule has 6 heteroatoms. The predicted octanol–water partition coefficient (Wildman–Crippen LogP) is 2.64. The minimum Gasteiger partial charge on any atom is -0.463 e. The first-order valence-electron chi connectivity index (χ1n) is 7.77. The highest BCUT2D eigenvalue weighted by Crippen LogP contribution is 2.21. The van der Waals surface area contributed by atoms with Crippen LogP contribution in [0.2, 0.25) is 0 Å². The van der Waals surface area contributed by atoms with Crippen LogP contribution in [0.25, 0.3) is 0 Å². The number of rotatable bonds is 7. The standard InChI is InChI=1S/C18H22N4O2/c1-4-24-17(23)12(2)10-15-13(3)21-18(19)22-16(15)20-11-14-8-6-5-7-9-14/h5-9H,2,4,10-11H2,1,3H3,(H3,19,20,21,22). The Morgan fingerprint density at radius 3 is 2.67 bits per heavy atom. The maximum atomic E-state index is 11.8. The summed E-state index contributed by atoms with van der Waals surface area (Å²) in [7, 11) is 0. The molecule has 1 aromatic heterocycles. The molecular weight excluding hydrogens is 304 g/mol. The minimum absolute atomic E-state index is 0.188. The monoisotopic (exact) mass is 326 g/mol. The first kappa shape index (κ1) is 17.5. The van der Waals surface area contributed by atoms with Gasteiger partial charge in [0.05, 0.1) is 6.61 Å². The van der Waals surface area contributed by atoms with Gasteiger partial charge < -0.3 is 15.8 Å². The van der Waals surface area contributed by atoms with Crippen molar-refractivity contribution in [3.8, 4) is 0 Å². The smallest absolute Gasteiger partial charge is 0.333 e. The fraction of sp³-hybridized carbons (Fsp3) is 0.278. The molecule has 0 aliphatic rings. The Bertz CT molecular complexity index is 729. The average molecular weight is 326 g/mol. The molecule has 6 nitrogen and oxygen atoms in total. The normalized spacial score (nSPS) is 10.2. The topological polar surface area (TPSA) is 90.1 Å². The lowest BCUT2D eigenvalue weighted by Crippen LogP contribution is -2.14. The Morgan fingerprint density at radius 2 is 2.00 bits per heavy atom. The number of hydrogen-bond acceptors (Lipinski definition) is 6. The molecule has 126 valence electrons. The first-order valence-corrected chi connectivity index (χ1v) is 7.77. The van der Waals surface area contributed by atoms with Crippen molar-refractivity contribution in [2.75, 3.05) is 17.7 Å². The molecular formula is C18H22N4O2. The average Bonchev–Trinajstić information content (AvgIpc) is 2.56. The van der Waals surface area contributed by atoms with Gasteiger partial charge in [-0.2, -0.15) is 4.98 Å². The summed E-state index contributed by atoms with van der Waals surface area (Å²) in [5.41, 5.74) is 8.73. The number of hydrogen-bond donors (Lipinski definition) is 2. The number of carbonyl (C=O) groups excluding carboxylic acids is 1. The molecule has 0 bridgehead atoms. The third-order valence-corrected chi connectivity index (χ3v) is 3.49. The van der Waals surface area contributed by atoms with Gasteiger partial charge in [-0.25, -0.2) is 9.78 Å². The van der Waals surface area contributed by atoms with Gasteiger partial charge in [0.2, 0.25) is 5.95 Å². The number of nitrogen functional groups attached to an aromatic ring is 1. The molecule has 0 amide bonds. The second-order valence-electron chi connectivity index (χ2n) is 5.33. The molecule has 0 fully saturated rings. The molecule has 24 heavy (non-hydrogen) atoms. The van der Waals surface area contributed by atoms with Gasteiger partial charge in [-0.3, -0.25) is 0 Å². The summed E-state index contributed by atoms with van der Waals surface area (Å²) < 4.78 is 4.98. The molecule has 0 saturated carbocycles. The lowest BCUT2D eigenvalue weighted by molar-refractivity contribution is -0.138. The number of nitrogens with one attached hydrogen (secondary N) is 1. The Balaban J connectivity index is 2.20. The van der Waals surface area contributed by atoms with E-state index in [1.807, 2.05) is 37.3 Å². The minimum atomic E-state index is -0.414. The molecule has 0 spiro atoms. The number of benzene rings is 1. The number of aromatic nitrogens is 2. The molecule has 3 N–H and O–H groups in total. The van der Waals surface area contributed by atoms with Crippen LogP contribution < -0.4 is 11.1 Å². The van der Waals surface area contributed by atoms with Gasteiger partial charge in [-0.1, -0.05) is 36.9 Å². The zero-order valence-electron chi connectivity index (χ0n) is 14.0. The van der Waals surface area contributed by atoms with Crippen molar-refractivity contribution in [1.29, 1.82) is 0 Å². The second kappa shape index (κ2) is 8.10. The summed E-state index contributed by atoms with van der Waals surface area (Å²) in [5, 5.41) is 3.26. The number of ether oxygens (including phenoxy) is 1. The number of nitrogens with zero attached hydrogens (tertiary/aromatic N) is 2. The predicted molar refractivity (Wildman–Crippen MR) is 94.4 cm³/mol. The van der Waals surface area contributed by atoms with Crippen LogP contribution in [-0.4, -0.2) is 22.5 Å². The summed E-state index contributed by atoms with van der Waals surface area (Å²) in [4.78, 5) is 20.3. The van der Waals surface area contributed by atoms with Gasteiger partial charge in [0.15, 0.2) is 0 Å². The summed E-state index contributed by atoms with van der Waals surface area (Å²) in [6, 6.07) is 9.94. The summed E-state index contributed by atoms with van der Waals surface area (Å²) in [6.07, 6.45) is 0.308. The zero-order valence-corrected chi connectivity index (χ0v) is 14.0.